The smallest absolute Gasteiger partial charge is 0.251 e. The van der Waals surface area contributed by atoms with Crippen LogP contribution in [-0.2, 0) is 4.79 Å². The Balaban J connectivity index is 1.23. The molecule has 4 aromatic rings. The summed E-state index contributed by atoms with van der Waals surface area (Å²) in [5.41, 5.74) is 2.89. The Kier molecular flexibility index (Phi) is 5.95. The summed E-state index contributed by atoms with van der Waals surface area (Å²) < 4.78 is 7.30. The third-order valence-corrected chi connectivity index (χ3v) is 5.88. The van der Waals surface area contributed by atoms with Gasteiger partial charge in [0.05, 0.1) is 12.2 Å². The van der Waals surface area contributed by atoms with Crippen molar-refractivity contribution in [3.63, 3.8) is 0 Å². The number of hydrogen-bond donors (Lipinski definition) is 2. The van der Waals surface area contributed by atoms with Gasteiger partial charge in [-0.05, 0) is 48.7 Å². The molecule has 172 valence electrons. The molecule has 2 aromatic carbocycles. The van der Waals surface area contributed by atoms with Crippen molar-refractivity contribution in [1.29, 1.82) is 0 Å². The van der Waals surface area contributed by atoms with Gasteiger partial charge in [-0.3, -0.25) is 14.9 Å². The highest BCUT2D eigenvalue weighted by Gasteiger charge is 2.39. The average Bonchev–Trinajstić information content (AvgIpc) is 3.46. The Bertz CT molecular complexity index is 1320. The largest absolute Gasteiger partial charge is 0.492 e. The molecule has 2 aromatic heterocycles. The molecule has 1 aliphatic carbocycles. The molecule has 0 spiro atoms. The molecule has 2 amide bonds. The molecule has 2 N–H and O–H groups in total. The number of aromatic nitrogens is 3. The number of carbonyl (C=O) groups excluding carboxylic acids is 2. The predicted octanol–water partition coefficient (Wildman–Crippen LogP) is 3.80. The summed E-state index contributed by atoms with van der Waals surface area (Å²) in [7, 11) is 0. The maximum absolute atomic E-state index is 12.5. The molecule has 1 aliphatic rings. The molecular formula is C26H25N5O3. The molecule has 0 radical (unpaired) electrons. The van der Waals surface area contributed by atoms with Crippen LogP contribution in [-0.4, -0.2) is 39.6 Å². The van der Waals surface area contributed by atoms with E-state index in [1.807, 2.05) is 60.7 Å². The first-order valence-electron chi connectivity index (χ1n) is 11.3. The van der Waals surface area contributed by atoms with Gasteiger partial charge < -0.3 is 10.1 Å². The standard InChI is InChI=1S/C26H25N5O3/c1-17-16-21(17)25(33)29-26-28-23-9-5-8-22(31(23)30-26)18-10-12-19(13-11-18)24(32)27-14-15-34-20-6-3-2-4-7-20/h2-13,17,21H,14-16H2,1H3,(H,27,32)(H,29,30,33). The van der Waals surface area contributed by atoms with E-state index in [0.717, 1.165) is 23.4 Å². The molecule has 2 unspecified atom stereocenters. The number of amides is 2. The second kappa shape index (κ2) is 9.35. The van der Waals surface area contributed by atoms with Crippen molar-refractivity contribution >= 4 is 23.4 Å². The van der Waals surface area contributed by atoms with E-state index in [9.17, 15) is 9.59 Å². The maximum Gasteiger partial charge on any atom is 0.251 e. The molecule has 5 rings (SSSR count). The van der Waals surface area contributed by atoms with Crippen LogP contribution in [0.15, 0.2) is 72.8 Å². The molecule has 0 saturated heterocycles. The number of benzene rings is 2. The van der Waals surface area contributed by atoms with Gasteiger partial charge in [-0.15, -0.1) is 5.10 Å². The number of pyridine rings is 1. The van der Waals surface area contributed by atoms with Crippen LogP contribution in [0.1, 0.15) is 23.7 Å². The normalized spacial score (nSPS) is 16.7. The van der Waals surface area contributed by atoms with Crippen LogP contribution in [0.3, 0.4) is 0 Å². The van der Waals surface area contributed by atoms with Crippen molar-refractivity contribution in [3.8, 4) is 17.0 Å². The Labute approximate surface area is 197 Å². The van der Waals surface area contributed by atoms with E-state index in [0.29, 0.717) is 36.2 Å². The molecular weight excluding hydrogens is 430 g/mol. The number of para-hydroxylation sites is 1. The number of ether oxygens (including phenoxy) is 1. The van der Waals surface area contributed by atoms with Crippen molar-refractivity contribution in [2.24, 2.45) is 11.8 Å². The number of hydrogen-bond acceptors (Lipinski definition) is 5. The van der Waals surface area contributed by atoms with Crippen LogP contribution < -0.4 is 15.4 Å². The second-order valence-electron chi connectivity index (χ2n) is 8.42. The van der Waals surface area contributed by atoms with Crippen molar-refractivity contribution in [1.82, 2.24) is 19.9 Å². The van der Waals surface area contributed by atoms with Crippen LogP contribution in [0, 0.1) is 11.8 Å². The number of carbonyl (C=O) groups is 2. The van der Waals surface area contributed by atoms with Gasteiger partial charge >= 0.3 is 0 Å². The van der Waals surface area contributed by atoms with Crippen molar-refractivity contribution in [3.05, 3.63) is 78.4 Å². The highest BCUT2D eigenvalue weighted by Crippen LogP contribution is 2.38. The SMILES string of the molecule is CC1CC1C(=O)Nc1nc2cccc(-c3ccc(C(=O)NCCOc4ccccc4)cc3)n2n1. The maximum atomic E-state index is 12.5. The molecule has 1 fully saturated rings. The van der Waals surface area contributed by atoms with Gasteiger partial charge in [-0.1, -0.05) is 43.3 Å². The zero-order valence-electron chi connectivity index (χ0n) is 18.8. The third-order valence-electron chi connectivity index (χ3n) is 5.88. The number of nitrogens with one attached hydrogen (secondary N) is 2. The lowest BCUT2D eigenvalue weighted by Crippen LogP contribution is -2.28. The van der Waals surface area contributed by atoms with Crippen LogP contribution >= 0.6 is 0 Å². The van der Waals surface area contributed by atoms with Gasteiger partial charge in [0.15, 0.2) is 5.65 Å². The molecule has 34 heavy (non-hydrogen) atoms. The Morgan fingerprint density at radius 1 is 1.03 bits per heavy atom. The predicted molar refractivity (Wildman–Crippen MR) is 129 cm³/mol. The van der Waals surface area contributed by atoms with E-state index in [1.54, 1.807) is 16.6 Å². The summed E-state index contributed by atoms with van der Waals surface area (Å²) in [5, 5.41) is 10.2. The number of rotatable bonds is 8. The topological polar surface area (TPSA) is 97.6 Å². The zero-order valence-corrected chi connectivity index (χ0v) is 18.8. The fourth-order valence-corrected chi connectivity index (χ4v) is 3.81. The van der Waals surface area contributed by atoms with E-state index in [-0.39, 0.29) is 17.7 Å². The summed E-state index contributed by atoms with van der Waals surface area (Å²) in [6, 6.07) is 22.4. The highest BCUT2D eigenvalue weighted by molar-refractivity contribution is 5.94. The van der Waals surface area contributed by atoms with Crippen molar-refractivity contribution in [2.45, 2.75) is 13.3 Å². The van der Waals surface area contributed by atoms with Gasteiger partial charge in [0.2, 0.25) is 11.9 Å². The number of fused-ring (bicyclic) bond motifs is 1. The van der Waals surface area contributed by atoms with Gasteiger partial charge in [0.1, 0.15) is 12.4 Å². The Morgan fingerprint density at radius 2 is 1.79 bits per heavy atom. The van der Waals surface area contributed by atoms with Crippen molar-refractivity contribution < 1.29 is 14.3 Å². The molecule has 8 nitrogen and oxygen atoms in total. The number of anilines is 1. The third kappa shape index (κ3) is 4.76. The minimum Gasteiger partial charge on any atom is -0.492 e. The molecule has 0 aliphatic heterocycles. The van der Waals surface area contributed by atoms with E-state index >= 15 is 0 Å². The second-order valence-corrected chi connectivity index (χ2v) is 8.42. The monoisotopic (exact) mass is 455 g/mol. The lowest BCUT2D eigenvalue weighted by molar-refractivity contribution is -0.117. The van der Waals surface area contributed by atoms with Gasteiger partial charge in [-0.2, -0.15) is 4.98 Å². The fourth-order valence-electron chi connectivity index (χ4n) is 3.81. The lowest BCUT2D eigenvalue weighted by Gasteiger charge is -2.09. The highest BCUT2D eigenvalue weighted by atomic mass is 16.5. The molecule has 0 bridgehead atoms. The van der Waals surface area contributed by atoms with E-state index < -0.39 is 0 Å². The lowest BCUT2D eigenvalue weighted by atomic mass is 10.1. The number of nitrogens with zero attached hydrogens (tertiary/aromatic N) is 3. The van der Waals surface area contributed by atoms with E-state index in [4.69, 9.17) is 4.74 Å². The van der Waals surface area contributed by atoms with Gasteiger partial charge in [0, 0.05) is 17.0 Å². The summed E-state index contributed by atoms with van der Waals surface area (Å²) in [5.74, 6) is 1.34. The first-order chi connectivity index (χ1) is 16.6. The van der Waals surface area contributed by atoms with Crippen LogP contribution in [0.5, 0.6) is 5.75 Å². The molecule has 2 atom stereocenters. The van der Waals surface area contributed by atoms with Crippen LogP contribution in [0.4, 0.5) is 5.95 Å². The van der Waals surface area contributed by atoms with Gasteiger partial charge in [0.25, 0.3) is 5.91 Å². The van der Waals surface area contributed by atoms with Crippen LogP contribution in [0.2, 0.25) is 0 Å². The van der Waals surface area contributed by atoms with E-state index in [1.165, 1.54) is 0 Å². The minimum absolute atomic E-state index is 0.0329. The zero-order chi connectivity index (χ0) is 23.5. The summed E-state index contributed by atoms with van der Waals surface area (Å²) >= 11 is 0. The summed E-state index contributed by atoms with van der Waals surface area (Å²) in [6.45, 7) is 2.85. The Morgan fingerprint density at radius 3 is 2.53 bits per heavy atom. The fraction of sp³-hybridized carbons (Fsp3) is 0.231. The molecule has 2 heterocycles. The van der Waals surface area contributed by atoms with E-state index in [2.05, 4.69) is 27.6 Å². The molecule has 8 heteroatoms. The summed E-state index contributed by atoms with van der Waals surface area (Å²) in [6.07, 6.45) is 0.907. The van der Waals surface area contributed by atoms with Crippen molar-refractivity contribution in [2.75, 3.05) is 18.5 Å². The average molecular weight is 456 g/mol. The first kappa shape index (κ1) is 21.6. The minimum atomic E-state index is -0.165. The molecule has 1 saturated carbocycles. The summed E-state index contributed by atoms with van der Waals surface area (Å²) in [4.78, 5) is 29.1. The van der Waals surface area contributed by atoms with Crippen LogP contribution in [0.25, 0.3) is 16.9 Å². The Hall–Kier alpha value is -4.20. The quantitative estimate of drug-likeness (QED) is 0.394. The first-order valence-corrected chi connectivity index (χ1v) is 11.3. The van der Waals surface area contributed by atoms with Gasteiger partial charge in [-0.25, -0.2) is 4.52 Å².